The summed E-state index contributed by atoms with van der Waals surface area (Å²) in [6, 6.07) is -1.21. The van der Waals surface area contributed by atoms with Gasteiger partial charge >= 0.3 is 5.97 Å². The van der Waals surface area contributed by atoms with Crippen molar-refractivity contribution in [3.05, 3.63) is 0 Å². The molecule has 1 unspecified atom stereocenters. The van der Waals surface area contributed by atoms with Crippen LogP contribution in [0.4, 0.5) is 0 Å². The van der Waals surface area contributed by atoms with Crippen LogP contribution in [0.1, 0.15) is 26.2 Å². The second-order valence-corrected chi connectivity index (χ2v) is 3.33. The number of nitrogens with one attached hydrogen (secondary N) is 1. The zero-order valence-corrected chi connectivity index (χ0v) is 8.97. The molecule has 5 N–H and O–H groups in total. The molecule has 0 saturated heterocycles. The molecule has 2 amide bonds. The molecule has 0 saturated carbocycles. The Hall–Kier alpha value is -1.63. The fourth-order valence-electron chi connectivity index (χ4n) is 0.997. The van der Waals surface area contributed by atoms with Crippen LogP contribution in [0, 0.1) is 0 Å². The van der Waals surface area contributed by atoms with Crippen molar-refractivity contribution in [1.82, 2.24) is 5.32 Å². The van der Waals surface area contributed by atoms with Gasteiger partial charge in [-0.15, -0.1) is 0 Å². The molecule has 0 fully saturated rings. The lowest BCUT2D eigenvalue weighted by atomic mass is 10.1. The highest BCUT2D eigenvalue weighted by molar-refractivity contribution is 5.86. The Labute approximate surface area is 92.6 Å². The molecular formula is C9H16N2O5. The van der Waals surface area contributed by atoms with Crippen LogP contribution in [0.2, 0.25) is 0 Å². The number of aliphatic carboxylic acids is 1. The van der Waals surface area contributed by atoms with E-state index in [0.717, 1.165) is 0 Å². The number of rotatable bonds is 7. The third kappa shape index (κ3) is 5.30. The van der Waals surface area contributed by atoms with Gasteiger partial charge in [-0.05, 0) is 12.8 Å². The second-order valence-electron chi connectivity index (χ2n) is 3.33. The SMILES string of the molecule is CCC(O)C(=O)N[C@@H](CCC(N)=O)C(=O)O. The Balaban J connectivity index is 4.28. The number of carbonyl (C=O) groups excluding carboxylic acids is 2. The lowest BCUT2D eigenvalue weighted by molar-refractivity contribution is -0.143. The van der Waals surface area contributed by atoms with E-state index in [-0.39, 0.29) is 19.3 Å². The Kier molecular flexibility index (Phi) is 6.09. The maximum Gasteiger partial charge on any atom is 0.326 e. The topological polar surface area (TPSA) is 130 Å². The van der Waals surface area contributed by atoms with E-state index in [2.05, 4.69) is 5.32 Å². The molecule has 0 aromatic rings. The standard InChI is InChI=1S/C9H16N2O5/c1-2-6(12)8(14)11-5(9(15)16)3-4-7(10)13/h5-6,12H,2-4H2,1H3,(H2,10,13)(H,11,14)(H,15,16)/t5-,6?/m0/s1. The highest BCUT2D eigenvalue weighted by atomic mass is 16.4. The van der Waals surface area contributed by atoms with Gasteiger partial charge in [0.25, 0.3) is 0 Å². The van der Waals surface area contributed by atoms with Crippen molar-refractivity contribution in [3.8, 4) is 0 Å². The molecule has 7 heteroatoms. The third-order valence-electron chi connectivity index (χ3n) is 1.98. The summed E-state index contributed by atoms with van der Waals surface area (Å²) in [5.41, 5.74) is 4.86. The molecule has 0 spiro atoms. The fraction of sp³-hybridized carbons (Fsp3) is 0.667. The Morgan fingerprint density at radius 3 is 2.31 bits per heavy atom. The first-order valence-corrected chi connectivity index (χ1v) is 4.88. The second kappa shape index (κ2) is 6.78. The summed E-state index contributed by atoms with van der Waals surface area (Å²) in [7, 11) is 0. The molecule has 2 atom stereocenters. The minimum absolute atomic E-state index is 0.0904. The van der Waals surface area contributed by atoms with Crippen molar-refractivity contribution >= 4 is 17.8 Å². The van der Waals surface area contributed by atoms with Crippen LogP contribution in [0.25, 0.3) is 0 Å². The van der Waals surface area contributed by atoms with Gasteiger partial charge in [-0.3, -0.25) is 9.59 Å². The van der Waals surface area contributed by atoms with Crippen LogP contribution >= 0.6 is 0 Å². The molecular weight excluding hydrogens is 216 g/mol. The number of amides is 2. The molecule has 0 heterocycles. The summed E-state index contributed by atoms with van der Waals surface area (Å²) in [6.45, 7) is 1.59. The Bertz CT molecular complexity index is 279. The van der Waals surface area contributed by atoms with Crippen molar-refractivity contribution in [2.45, 2.75) is 38.3 Å². The van der Waals surface area contributed by atoms with Crippen molar-refractivity contribution in [1.29, 1.82) is 0 Å². The summed E-state index contributed by atoms with van der Waals surface area (Å²) in [4.78, 5) is 32.4. The van der Waals surface area contributed by atoms with Gasteiger partial charge in [0.1, 0.15) is 12.1 Å². The number of carboxylic acids is 1. The number of hydrogen-bond donors (Lipinski definition) is 4. The normalized spacial score (nSPS) is 13.9. The lowest BCUT2D eigenvalue weighted by Crippen LogP contribution is -2.45. The van der Waals surface area contributed by atoms with Crippen LogP contribution in [0.15, 0.2) is 0 Å². The number of carboxylic acid groups (broad SMARTS) is 1. The first-order chi connectivity index (χ1) is 7.38. The Morgan fingerprint density at radius 2 is 1.94 bits per heavy atom. The van der Waals surface area contributed by atoms with E-state index in [0.29, 0.717) is 0 Å². The first kappa shape index (κ1) is 14.4. The highest BCUT2D eigenvalue weighted by Crippen LogP contribution is 1.99. The van der Waals surface area contributed by atoms with Crippen LogP contribution in [0.3, 0.4) is 0 Å². The molecule has 92 valence electrons. The molecule has 0 aromatic heterocycles. The molecule has 0 rings (SSSR count). The summed E-state index contributed by atoms with van der Waals surface area (Å²) >= 11 is 0. The van der Waals surface area contributed by atoms with E-state index in [1.165, 1.54) is 0 Å². The predicted molar refractivity (Wildman–Crippen MR) is 54.3 cm³/mol. The molecule has 16 heavy (non-hydrogen) atoms. The van der Waals surface area contributed by atoms with Gasteiger partial charge in [-0.25, -0.2) is 4.79 Å². The highest BCUT2D eigenvalue weighted by Gasteiger charge is 2.23. The number of nitrogens with two attached hydrogens (primary N) is 1. The maximum atomic E-state index is 11.2. The first-order valence-electron chi connectivity index (χ1n) is 4.88. The molecule has 0 bridgehead atoms. The third-order valence-corrected chi connectivity index (χ3v) is 1.98. The van der Waals surface area contributed by atoms with Crippen molar-refractivity contribution in [2.75, 3.05) is 0 Å². The maximum absolute atomic E-state index is 11.2. The molecule has 0 radical (unpaired) electrons. The van der Waals surface area contributed by atoms with E-state index in [1.807, 2.05) is 0 Å². The molecule has 0 aliphatic rings. The van der Waals surface area contributed by atoms with E-state index in [1.54, 1.807) is 6.92 Å². The summed E-state index contributed by atoms with van der Waals surface area (Å²) in [5, 5.41) is 20.0. The van der Waals surface area contributed by atoms with Crippen molar-refractivity contribution in [2.24, 2.45) is 5.73 Å². The number of aliphatic hydroxyl groups is 1. The van der Waals surface area contributed by atoms with Crippen LogP contribution < -0.4 is 11.1 Å². The van der Waals surface area contributed by atoms with Crippen LogP contribution in [-0.4, -0.2) is 40.1 Å². The summed E-state index contributed by atoms with van der Waals surface area (Å²) in [6.07, 6.45) is -1.28. The van der Waals surface area contributed by atoms with Crippen LogP contribution in [0.5, 0.6) is 0 Å². The predicted octanol–water partition coefficient (Wildman–Crippen LogP) is -1.41. The zero-order valence-electron chi connectivity index (χ0n) is 8.97. The van der Waals surface area contributed by atoms with E-state index in [9.17, 15) is 14.4 Å². The quantitative estimate of drug-likeness (QED) is 0.428. The number of aliphatic hydroxyl groups excluding tert-OH is 1. The van der Waals surface area contributed by atoms with Gasteiger partial charge in [0.05, 0.1) is 0 Å². The summed E-state index contributed by atoms with van der Waals surface area (Å²) in [5.74, 6) is -2.67. The number of hydrogen-bond acceptors (Lipinski definition) is 4. The van der Waals surface area contributed by atoms with Gasteiger partial charge in [0.2, 0.25) is 11.8 Å². The van der Waals surface area contributed by atoms with E-state index >= 15 is 0 Å². The smallest absolute Gasteiger partial charge is 0.326 e. The van der Waals surface area contributed by atoms with Gasteiger partial charge in [0, 0.05) is 6.42 Å². The molecule has 0 aliphatic carbocycles. The monoisotopic (exact) mass is 232 g/mol. The largest absolute Gasteiger partial charge is 0.480 e. The minimum atomic E-state index is -1.27. The average Bonchev–Trinajstić information content (AvgIpc) is 2.21. The van der Waals surface area contributed by atoms with Gasteiger partial charge in [0.15, 0.2) is 0 Å². The lowest BCUT2D eigenvalue weighted by Gasteiger charge is -2.15. The van der Waals surface area contributed by atoms with Crippen LogP contribution in [-0.2, 0) is 14.4 Å². The zero-order chi connectivity index (χ0) is 12.7. The molecule has 0 aliphatic heterocycles. The number of primary amides is 1. The average molecular weight is 232 g/mol. The van der Waals surface area contributed by atoms with Crippen molar-refractivity contribution < 1.29 is 24.6 Å². The van der Waals surface area contributed by atoms with Gasteiger partial charge in [-0.2, -0.15) is 0 Å². The van der Waals surface area contributed by atoms with E-state index in [4.69, 9.17) is 15.9 Å². The molecule has 7 nitrogen and oxygen atoms in total. The van der Waals surface area contributed by atoms with Gasteiger partial charge < -0.3 is 21.3 Å². The minimum Gasteiger partial charge on any atom is -0.480 e. The number of carbonyl (C=O) groups is 3. The van der Waals surface area contributed by atoms with Gasteiger partial charge in [-0.1, -0.05) is 6.92 Å². The summed E-state index contributed by atoms with van der Waals surface area (Å²) < 4.78 is 0. The Morgan fingerprint density at radius 1 is 1.38 bits per heavy atom. The van der Waals surface area contributed by atoms with E-state index < -0.39 is 29.9 Å². The fourth-order valence-corrected chi connectivity index (χ4v) is 0.997. The molecule has 0 aromatic carbocycles. The van der Waals surface area contributed by atoms with Crippen molar-refractivity contribution in [3.63, 3.8) is 0 Å².